The summed E-state index contributed by atoms with van der Waals surface area (Å²) in [5.41, 5.74) is 0.136. The molecule has 1 atom stereocenters. The van der Waals surface area contributed by atoms with Crippen LogP contribution in [0.1, 0.15) is 29.0 Å². The summed E-state index contributed by atoms with van der Waals surface area (Å²) in [5, 5.41) is 18.3. The highest BCUT2D eigenvalue weighted by molar-refractivity contribution is 5.97. The van der Waals surface area contributed by atoms with Crippen LogP contribution >= 0.6 is 0 Å². The molecule has 0 spiro atoms. The number of hydrogen-bond acceptors (Lipinski definition) is 5. The molecule has 1 aliphatic rings. The van der Waals surface area contributed by atoms with Gasteiger partial charge in [-0.3, -0.25) is 19.6 Å². The number of piperidine rings is 1. The van der Waals surface area contributed by atoms with Crippen molar-refractivity contribution in [1.29, 1.82) is 0 Å². The number of likely N-dealkylation sites (N-methyl/N-ethyl adjacent to an activating group) is 1. The van der Waals surface area contributed by atoms with Crippen molar-refractivity contribution < 1.29 is 9.72 Å². The van der Waals surface area contributed by atoms with Gasteiger partial charge < -0.3 is 10.2 Å². The van der Waals surface area contributed by atoms with E-state index in [-0.39, 0.29) is 29.0 Å². The highest BCUT2D eigenvalue weighted by Crippen LogP contribution is 2.24. The maximum atomic E-state index is 12.6. The minimum absolute atomic E-state index is 0.0595. The molecule has 0 radical (unpaired) electrons. The van der Waals surface area contributed by atoms with Crippen molar-refractivity contribution in [2.24, 2.45) is 7.05 Å². The number of nitrogens with zero attached hydrogens (tertiary/aromatic N) is 4. The van der Waals surface area contributed by atoms with E-state index in [1.807, 2.05) is 7.05 Å². The summed E-state index contributed by atoms with van der Waals surface area (Å²) in [6.07, 6.45) is 1.90. The average Bonchev–Trinajstić information content (AvgIpc) is 2.72. The molecule has 1 aromatic rings. The molecule has 1 aliphatic heterocycles. The van der Waals surface area contributed by atoms with Crippen LogP contribution in [0.5, 0.6) is 0 Å². The zero-order valence-electron chi connectivity index (χ0n) is 11.9. The fourth-order valence-corrected chi connectivity index (χ4v) is 2.65. The van der Waals surface area contributed by atoms with Crippen LogP contribution in [0.4, 0.5) is 5.69 Å². The van der Waals surface area contributed by atoms with Gasteiger partial charge in [-0.1, -0.05) is 0 Å². The third-order valence-electron chi connectivity index (χ3n) is 3.69. The molecule has 1 N–H and O–H groups in total. The van der Waals surface area contributed by atoms with Gasteiger partial charge in [-0.25, -0.2) is 0 Å². The zero-order valence-corrected chi connectivity index (χ0v) is 11.9. The van der Waals surface area contributed by atoms with Gasteiger partial charge in [0.05, 0.1) is 4.92 Å². The SMILES string of the molecule is CNC1CCCN(C(=O)c2c([N+](=O)[O-])c(C)nn2C)C1. The number of aryl methyl sites for hydroxylation is 2. The van der Waals surface area contributed by atoms with E-state index in [0.29, 0.717) is 13.1 Å². The van der Waals surface area contributed by atoms with E-state index in [2.05, 4.69) is 10.4 Å². The number of hydrogen-bond donors (Lipinski definition) is 1. The topological polar surface area (TPSA) is 93.3 Å². The molecule has 0 saturated carbocycles. The number of nitrogens with one attached hydrogen (secondary N) is 1. The summed E-state index contributed by atoms with van der Waals surface area (Å²) in [5.74, 6) is -0.320. The summed E-state index contributed by atoms with van der Waals surface area (Å²) in [6.45, 7) is 2.73. The highest BCUT2D eigenvalue weighted by atomic mass is 16.6. The van der Waals surface area contributed by atoms with Crippen LogP contribution in [0, 0.1) is 17.0 Å². The number of likely N-dealkylation sites (tertiary alicyclic amines) is 1. The monoisotopic (exact) mass is 281 g/mol. The molecule has 0 bridgehead atoms. The summed E-state index contributed by atoms with van der Waals surface area (Å²) >= 11 is 0. The van der Waals surface area contributed by atoms with E-state index >= 15 is 0 Å². The molecular formula is C12H19N5O3. The van der Waals surface area contributed by atoms with E-state index < -0.39 is 4.92 Å². The van der Waals surface area contributed by atoms with Crippen LogP contribution in [0.15, 0.2) is 0 Å². The Kier molecular flexibility index (Phi) is 4.03. The van der Waals surface area contributed by atoms with Gasteiger partial charge in [0.15, 0.2) is 0 Å². The molecule has 1 fully saturated rings. The van der Waals surface area contributed by atoms with Crippen LogP contribution in [-0.4, -0.2) is 51.7 Å². The van der Waals surface area contributed by atoms with Gasteiger partial charge in [-0.05, 0) is 26.8 Å². The lowest BCUT2D eigenvalue weighted by Crippen LogP contribution is -2.47. The van der Waals surface area contributed by atoms with Gasteiger partial charge in [0, 0.05) is 26.2 Å². The van der Waals surface area contributed by atoms with Crippen LogP contribution < -0.4 is 5.32 Å². The molecule has 2 heterocycles. The quantitative estimate of drug-likeness (QED) is 0.641. The Labute approximate surface area is 116 Å². The predicted molar refractivity (Wildman–Crippen MR) is 72.6 cm³/mol. The third-order valence-corrected chi connectivity index (χ3v) is 3.69. The van der Waals surface area contributed by atoms with Crippen molar-refractivity contribution in [2.75, 3.05) is 20.1 Å². The van der Waals surface area contributed by atoms with Gasteiger partial charge in [0.25, 0.3) is 5.91 Å². The molecular weight excluding hydrogens is 262 g/mol. The summed E-state index contributed by atoms with van der Waals surface area (Å²) in [7, 11) is 3.42. The zero-order chi connectivity index (χ0) is 14.9. The van der Waals surface area contributed by atoms with E-state index in [4.69, 9.17) is 0 Å². The largest absolute Gasteiger partial charge is 0.336 e. The summed E-state index contributed by atoms with van der Waals surface area (Å²) in [4.78, 5) is 24.8. The second kappa shape index (κ2) is 5.58. The molecule has 0 aliphatic carbocycles. The van der Waals surface area contributed by atoms with Crippen molar-refractivity contribution in [1.82, 2.24) is 20.0 Å². The first-order valence-electron chi connectivity index (χ1n) is 6.60. The second-order valence-electron chi connectivity index (χ2n) is 5.04. The van der Waals surface area contributed by atoms with Gasteiger partial charge in [0.1, 0.15) is 5.69 Å². The van der Waals surface area contributed by atoms with Crippen molar-refractivity contribution in [2.45, 2.75) is 25.8 Å². The predicted octanol–water partition coefficient (Wildman–Crippen LogP) is 0.461. The first kappa shape index (κ1) is 14.4. The van der Waals surface area contributed by atoms with Crippen molar-refractivity contribution >= 4 is 11.6 Å². The fourth-order valence-electron chi connectivity index (χ4n) is 2.65. The molecule has 1 saturated heterocycles. The Bertz CT molecular complexity index is 539. The van der Waals surface area contributed by atoms with E-state index in [0.717, 1.165) is 12.8 Å². The molecule has 8 nitrogen and oxygen atoms in total. The molecule has 110 valence electrons. The van der Waals surface area contributed by atoms with E-state index in [1.165, 1.54) is 4.68 Å². The Morgan fingerprint density at radius 2 is 2.25 bits per heavy atom. The summed E-state index contributed by atoms with van der Waals surface area (Å²) in [6, 6.07) is 0.237. The van der Waals surface area contributed by atoms with Crippen LogP contribution in [0.3, 0.4) is 0 Å². The van der Waals surface area contributed by atoms with Crippen molar-refractivity contribution in [3.63, 3.8) is 0 Å². The molecule has 20 heavy (non-hydrogen) atoms. The van der Waals surface area contributed by atoms with Crippen molar-refractivity contribution in [3.05, 3.63) is 21.5 Å². The molecule has 2 rings (SSSR count). The molecule has 1 amide bonds. The maximum Gasteiger partial charge on any atom is 0.322 e. The van der Waals surface area contributed by atoms with Crippen LogP contribution in [0.2, 0.25) is 0 Å². The molecule has 8 heteroatoms. The lowest BCUT2D eigenvalue weighted by atomic mass is 10.1. The number of rotatable bonds is 3. The summed E-state index contributed by atoms with van der Waals surface area (Å²) < 4.78 is 1.30. The van der Waals surface area contributed by atoms with Gasteiger partial charge in [-0.15, -0.1) is 0 Å². The Hall–Kier alpha value is -1.96. The lowest BCUT2D eigenvalue weighted by molar-refractivity contribution is -0.385. The molecule has 1 aromatic heterocycles. The van der Waals surface area contributed by atoms with Gasteiger partial charge >= 0.3 is 5.69 Å². The van der Waals surface area contributed by atoms with Crippen LogP contribution in [0.25, 0.3) is 0 Å². The molecule has 0 aromatic carbocycles. The Balaban J connectivity index is 2.31. The normalized spacial score (nSPS) is 19.1. The number of nitro groups is 1. The Morgan fingerprint density at radius 3 is 2.85 bits per heavy atom. The minimum Gasteiger partial charge on any atom is -0.336 e. The third kappa shape index (κ3) is 2.51. The Morgan fingerprint density at radius 1 is 1.55 bits per heavy atom. The number of carbonyl (C=O) groups is 1. The highest BCUT2D eigenvalue weighted by Gasteiger charge is 2.33. The van der Waals surface area contributed by atoms with Crippen LogP contribution in [-0.2, 0) is 7.05 Å². The van der Waals surface area contributed by atoms with E-state index in [1.54, 1.807) is 18.9 Å². The number of amides is 1. The number of carbonyl (C=O) groups excluding carboxylic acids is 1. The lowest BCUT2D eigenvalue weighted by Gasteiger charge is -2.32. The maximum absolute atomic E-state index is 12.6. The fraction of sp³-hybridized carbons (Fsp3) is 0.667. The average molecular weight is 281 g/mol. The smallest absolute Gasteiger partial charge is 0.322 e. The van der Waals surface area contributed by atoms with Crippen molar-refractivity contribution in [3.8, 4) is 0 Å². The number of aromatic nitrogens is 2. The molecule has 1 unspecified atom stereocenters. The second-order valence-corrected chi connectivity index (χ2v) is 5.04. The standard InChI is InChI=1S/C12H19N5O3/c1-8-10(17(19)20)11(15(3)14-8)12(18)16-6-4-5-9(7-16)13-2/h9,13H,4-7H2,1-3H3. The first-order valence-corrected chi connectivity index (χ1v) is 6.60. The van der Waals surface area contributed by atoms with Gasteiger partial charge in [-0.2, -0.15) is 5.10 Å². The van der Waals surface area contributed by atoms with Gasteiger partial charge in [0.2, 0.25) is 5.69 Å². The van der Waals surface area contributed by atoms with E-state index in [9.17, 15) is 14.9 Å². The minimum atomic E-state index is -0.533. The first-order chi connectivity index (χ1) is 9.45.